The number of H-pyrrole nitrogens is 1. The number of aromatic amines is 1. The van der Waals surface area contributed by atoms with Gasteiger partial charge in [0.2, 0.25) is 0 Å². The van der Waals surface area contributed by atoms with Crippen molar-refractivity contribution in [3.63, 3.8) is 0 Å². The van der Waals surface area contributed by atoms with Crippen molar-refractivity contribution < 1.29 is 27.5 Å². The van der Waals surface area contributed by atoms with Crippen LogP contribution in [0.5, 0.6) is 5.75 Å². The van der Waals surface area contributed by atoms with E-state index in [0.29, 0.717) is 29.9 Å². The Bertz CT molecular complexity index is 1160. The van der Waals surface area contributed by atoms with E-state index in [1.807, 2.05) is 12.3 Å². The molecule has 0 radical (unpaired) electrons. The van der Waals surface area contributed by atoms with Crippen LogP contribution in [-0.2, 0) is 0 Å². The fourth-order valence-electron chi connectivity index (χ4n) is 4.11. The van der Waals surface area contributed by atoms with Crippen molar-refractivity contribution in [2.75, 3.05) is 27.2 Å². The minimum atomic E-state index is -4.77. The highest BCUT2D eigenvalue weighted by Gasteiger charge is 2.31. The highest BCUT2D eigenvalue weighted by Crippen LogP contribution is 2.33. The SMILES string of the molecule is CN(C)C(=O)c1cnc2[nH]cc(C3CCN(C(=O)c4ccc(OC(F)(F)F)cc4)CC3)c2c1. The van der Waals surface area contributed by atoms with E-state index in [2.05, 4.69) is 14.7 Å². The summed E-state index contributed by atoms with van der Waals surface area (Å²) in [5.74, 6) is -0.523. The number of nitrogens with one attached hydrogen (secondary N) is 1. The standard InChI is InChI=1S/C23H23F3N4O3/c1-29(2)21(31)16-11-18-19(13-28-20(18)27-12-16)14-7-9-30(10-8-14)22(32)15-3-5-17(6-4-15)33-23(24,25)26/h3-6,11-14H,7-10H2,1-2H3,(H,27,28). The maximum Gasteiger partial charge on any atom is 0.573 e. The summed E-state index contributed by atoms with van der Waals surface area (Å²) in [5.41, 5.74) is 2.59. The molecule has 7 nitrogen and oxygen atoms in total. The minimum Gasteiger partial charge on any atom is -0.406 e. The first-order chi connectivity index (χ1) is 15.6. The normalized spacial score (nSPS) is 15.0. The Morgan fingerprint density at radius 2 is 1.79 bits per heavy atom. The number of alkyl halides is 3. The largest absolute Gasteiger partial charge is 0.573 e. The summed E-state index contributed by atoms with van der Waals surface area (Å²) in [7, 11) is 3.38. The zero-order chi connectivity index (χ0) is 23.8. The predicted molar refractivity (Wildman–Crippen MR) is 115 cm³/mol. The lowest BCUT2D eigenvalue weighted by molar-refractivity contribution is -0.274. The fourth-order valence-corrected chi connectivity index (χ4v) is 4.11. The number of piperidine rings is 1. The maximum atomic E-state index is 12.8. The Morgan fingerprint density at radius 1 is 1.12 bits per heavy atom. The van der Waals surface area contributed by atoms with E-state index in [1.165, 1.54) is 17.0 Å². The Balaban J connectivity index is 1.43. The number of hydrogen-bond donors (Lipinski definition) is 1. The molecule has 1 aliphatic heterocycles. The number of rotatable bonds is 4. The number of amides is 2. The molecule has 0 aliphatic carbocycles. The van der Waals surface area contributed by atoms with Gasteiger partial charge in [-0.3, -0.25) is 9.59 Å². The number of hydrogen-bond acceptors (Lipinski definition) is 4. The summed E-state index contributed by atoms with van der Waals surface area (Å²) in [4.78, 5) is 35.8. The molecule has 174 valence electrons. The molecule has 2 amide bonds. The molecule has 0 atom stereocenters. The molecule has 10 heteroatoms. The second-order valence-corrected chi connectivity index (χ2v) is 8.20. The van der Waals surface area contributed by atoms with E-state index in [1.54, 1.807) is 25.2 Å². The number of halogens is 3. The molecule has 0 saturated carbocycles. The molecule has 4 rings (SSSR count). The van der Waals surface area contributed by atoms with Crippen LogP contribution in [0.4, 0.5) is 13.2 Å². The zero-order valence-electron chi connectivity index (χ0n) is 18.1. The molecule has 33 heavy (non-hydrogen) atoms. The van der Waals surface area contributed by atoms with Crippen molar-refractivity contribution in [2.45, 2.75) is 25.1 Å². The third kappa shape index (κ3) is 4.94. The molecule has 2 aromatic heterocycles. The number of benzene rings is 1. The maximum absolute atomic E-state index is 12.8. The van der Waals surface area contributed by atoms with E-state index in [4.69, 9.17) is 0 Å². The summed E-state index contributed by atoms with van der Waals surface area (Å²) >= 11 is 0. The molecule has 1 fully saturated rings. The number of carbonyl (C=O) groups is 2. The molecule has 3 aromatic rings. The van der Waals surface area contributed by atoms with Crippen LogP contribution in [0.3, 0.4) is 0 Å². The van der Waals surface area contributed by atoms with Gasteiger partial charge in [-0.2, -0.15) is 0 Å². The number of nitrogens with zero attached hydrogens (tertiary/aromatic N) is 3. The van der Waals surface area contributed by atoms with Gasteiger partial charge >= 0.3 is 6.36 Å². The van der Waals surface area contributed by atoms with Crippen LogP contribution in [0.15, 0.2) is 42.7 Å². The second kappa shape index (κ2) is 8.76. The van der Waals surface area contributed by atoms with Crippen molar-refractivity contribution in [2.24, 2.45) is 0 Å². The summed E-state index contributed by atoms with van der Waals surface area (Å²) in [6, 6.07) is 6.80. The summed E-state index contributed by atoms with van der Waals surface area (Å²) in [5, 5.41) is 0.896. The number of pyridine rings is 1. The molecular weight excluding hydrogens is 437 g/mol. The Labute approximate surface area is 188 Å². The monoisotopic (exact) mass is 460 g/mol. The van der Waals surface area contributed by atoms with Gasteiger partial charge in [-0.05, 0) is 54.7 Å². The Hall–Kier alpha value is -3.56. The quantitative estimate of drug-likeness (QED) is 0.634. The van der Waals surface area contributed by atoms with E-state index >= 15 is 0 Å². The van der Waals surface area contributed by atoms with Crippen molar-refractivity contribution in [3.8, 4) is 5.75 Å². The molecular formula is C23H23F3N4O3. The predicted octanol–water partition coefficient (Wildman–Crippen LogP) is 4.18. The van der Waals surface area contributed by atoms with Crippen LogP contribution in [-0.4, -0.2) is 65.1 Å². The number of likely N-dealkylation sites (tertiary alicyclic amines) is 1. The van der Waals surface area contributed by atoms with Crippen molar-refractivity contribution in [1.29, 1.82) is 0 Å². The minimum absolute atomic E-state index is 0.122. The lowest BCUT2D eigenvalue weighted by atomic mass is 9.89. The molecule has 0 bridgehead atoms. The molecule has 3 heterocycles. The Kier molecular flexibility index (Phi) is 6.01. The first-order valence-electron chi connectivity index (χ1n) is 10.5. The molecule has 0 spiro atoms. The second-order valence-electron chi connectivity index (χ2n) is 8.20. The summed E-state index contributed by atoms with van der Waals surface area (Å²) < 4.78 is 40.8. The lowest BCUT2D eigenvalue weighted by Gasteiger charge is -2.32. The molecule has 0 unspecified atom stereocenters. The van der Waals surface area contributed by atoms with Gasteiger partial charge in [-0.15, -0.1) is 13.2 Å². The number of carbonyl (C=O) groups excluding carboxylic acids is 2. The summed E-state index contributed by atoms with van der Waals surface area (Å²) in [6.45, 7) is 1.03. The smallest absolute Gasteiger partial charge is 0.406 e. The van der Waals surface area contributed by atoms with E-state index in [0.717, 1.165) is 35.9 Å². The highest BCUT2D eigenvalue weighted by atomic mass is 19.4. The van der Waals surface area contributed by atoms with Crippen LogP contribution < -0.4 is 4.74 Å². The van der Waals surface area contributed by atoms with Crippen LogP contribution in [0.1, 0.15) is 45.0 Å². The van der Waals surface area contributed by atoms with Crippen molar-refractivity contribution >= 4 is 22.8 Å². The molecule has 1 aromatic carbocycles. The van der Waals surface area contributed by atoms with Gasteiger partial charge < -0.3 is 19.5 Å². The number of ether oxygens (including phenoxy) is 1. The average molecular weight is 460 g/mol. The lowest BCUT2D eigenvalue weighted by Crippen LogP contribution is -2.37. The van der Waals surface area contributed by atoms with Gasteiger partial charge in [0.15, 0.2) is 0 Å². The first-order valence-corrected chi connectivity index (χ1v) is 10.5. The van der Waals surface area contributed by atoms with Crippen LogP contribution in [0.2, 0.25) is 0 Å². The third-order valence-electron chi connectivity index (χ3n) is 5.77. The first kappa shape index (κ1) is 22.6. The average Bonchev–Trinajstić information content (AvgIpc) is 3.21. The van der Waals surface area contributed by atoms with E-state index < -0.39 is 6.36 Å². The molecule has 1 N–H and O–H groups in total. The van der Waals surface area contributed by atoms with Crippen LogP contribution in [0, 0.1) is 0 Å². The fraction of sp³-hybridized carbons (Fsp3) is 0.348. The van der Waals surface area contributed by atoms with Crippen molar-refractivity contribution in [1.82, 2.24) is 19.8 Å². The molecule has 1 saturated heterocycles. The highest BCUT2D eigenvalue weighted by molar-refractivity contribution is 5.97. The Morgan fingerprint density at radius 3 is 2.39 bits per heavy atom. The van der Waals surface area contributed by atoms with E-state index in [-0.39, 0.29) is 23.5 Å². The summed E-state index contributed by atoms with van der Waals surface area (Å²) in [6.07, 6.45) is 0.131. The third-order valence-corrected chi connectivity index (χ3v) is 5.77. The van der Waals surface area contributed by atoms with Gasteiger partial charge in [0, 0.05) is 50.5 Å². The number of aromatic nitrogens is 2. The van der Waals surface area contributed by atoms with Gasteiger partial charge in [0.05, 0.1) is 5.56 Å². The van der Waals surface area contributed by atoms with Crippen LogP contribution >= 0.6 is 0 Å². The van der Waals surface area contributed by atoms with Gasteiger partial charge in [0.1, 0.15) is 11.4 Å². The molecule has 1 aliphatic rings. The van der Waals surface area contributed by atoms with Crippen molar-refractivity contribution in [3.05, 3.63) is 59.4 Å². The zero-order valence-corrected chi connectivity index (χ0v) is 18.1. The van der Waals surface area contributed by atoms with Gasteiger partial charge in [-0.1, -0.05) is 0 Å². The van der Waals surface area contributed by atoms with Crippen LogP contribution in [0.25, 0.3) is 11.0 Å². The van der Waals surface area contributed by atoms with Gasteiger partial charge in [-0.25, -0.2) is 4.98 Å². The topological polar surface area (TPSA) is 78.5 Å². The van der Waals surface area contributed by atoms with E-state index in [9.17, 15) is 22.8 Å². The van der Waals surface area contributed by atoms with Gasteiger partial charge in [0.25, 0.3) is 11.8 Å². The number of fused-ring (bicyclic) bond motifs is 1.